The Labute approximate surface area is 195 Å². The van der Waals surface area contributed by atoms with Gasteiger partial charge in [-0.1, -0.05) is 23.8 Å². The Balaban J connectivity index is 0.000000968. The molecule has 1 atom stereocenters. The van der Waals surface area contributed by atoms with Crippen molar-refractivity contribution in [1.29, 1.82) is 0 Å². The van der Waals surface area contributed by atoms with E-state index in [2.05, 4.69) is 23.1 Å². The number of aryl methyl sites for hydroxylation is 2. The lowest BCUT2D eigenvalue weighted by atomic mass is 9.76. The molecule has 33 heavy (non-hydrogen) atoms. The van der Waals surface area contributed by atoms with Gasteiger partial charge in [0.2, 0.25) is 5.91 Å². The summed E-state index contributed by atoms with van der Waals surface area (Å²) in [4.78, 5) is 38.1. The fourth-order valence-electron chi connectivity index (χ4n) is 5.19. The molecule has 0 radical (unpaired) electrons. The monoisotopic (exact) mass is 460 g/mol. The van der Waals surface area contributed by atoms with Gasteiger partial charge in [-0.05, 0) is 50.7 Å². The van der Waals surface area contributed by atoms with Crippen LogP contribution in [0.1, 0.15) is 48.8 Å². The lowest BCUT2D eigenvalue weighted by molar-refractivity contribution is -0.153. The fraction of sp³-hybridized carbons (Fsp3) is 0.640. The van der Waals surface area contributed by atoms with E-state index in [0.29, 0.717) is 32.4 Å². The van der Waals surface area contributed by atoms with Crippen molar-refractivity contribution in [2.45, 2.75) is 64.6 Å². The van der Waals surface area contributed by atoms with Crippen LogP contribution in [-0.2, 0) is 25.5 Å². The van der Waals surface area contributed by atoms with Crippen molar-refractivity contribution in [2.75, 3.05) is 32.7 Å². The van der Waals surface area contributed by atoms with Crippen LogP contribution in [0, 0.1) is 19.3 Å². The summed E-state index contributed by atoms with van der Waals surface area (Å²) < 4.78 is 5.76. The number of cyclic esters (lactones) is 1. The van der Waals surface area contributed by atoms with E-state index in [4.69, 9.17) is 14.6 Å². The predicted octanol–water partition coefficient (Wildman–Crippen LogP) is 1.93. The van der Waals surface area contributed by atoms with Crippen molar-refractivity contribution >= 4 is 18.3 Å². The molecule has 0 saturated carbocycles. The summed E-state index contributed by atoms with van der Waals surface area (Å²) in [6.07, 6.45) is 3.90. The molecule has 8 heteroatoms. The van der Waals surface area contributed by atoms with Gasteiger partial charge in [0.1, 0.15) is 6.10 Å². The van der Waals surface area contributed by atoms with E-state index in [9.17, 15) is 14.7 Å². The van der Waals surface area contributed by atoms with Crippen LogP contribution in [0.4, 0.5) is 0 Å². The highest BCUT2D eigenvalue weighted by Gasteiger charge is 2.51. The highest BCUT2D eigenvalue weighted by Crippen LogP contribution is 2.43. The summed E-state index contributed by atoms with van der Waals surface area (Å²) in [7, 11) is 0. The van der Waals surface area contributed by atoms with E-state index in [1.54, 1.807) is 0 Å². The number of likely N-dealkylation sites (tertiary alicyclic amines) is 2. The summed E-state index contributed by atoms with van der Waals surface area (Å²) in [5.41, 5.74) is 2.99. The Morgan fingerprint density at radius 1 is 1.18 bits per heavy atom. The van der Waals surface area contributed by atoms with Crippen LogP contribution >= 0.6 is 0 Å². The Hall–Kier alpha value is -2.45. The van der Waals surface area contributed by atoms with Gasteiger partial charge in [0.05, 0.1) is 17.9 Å². The quantitative estimate of drug-likeness (QED) is 0.522. The van der Waals surface area contributed by atoms with Crippen LogP contribution in [0.5, 0.6) is 0 Å². The van der Waals surface area contributed by atoms with Crippen molar-refractivity contribution in [2.24, 2.45) is 5.41 Å². The van der Waals surface area contributed by atoms with Crippen LogP contribution in [0.25, 0.3) is 0 Å². The molecule has 1 unspecified atom stereocenters. The number of amides is 1. The second-order valence-corrected chi connectivity index (χ2v) is 9.64. The highest BCUT2D eigenvalue weighted by molar-refractivity contribution is 5.82. The third-order valence-corrected chi connectivity index (χ3v) is 7.26. The standard InChI is InChI=1S/C24H34N2O4.CH2O2/c1-17-3-4-18(2)19(13-17)14-22(28)26-11-7-24(8-12-26)15-21(30-23(24)29)16-25-9-5-20(27)6-10-25;2-1-3/h3-4,13,20-21,27H,5-12,14-16H2,1-2H3;1H,(H,2,3). The van der Waals surface area contributed by atoms with Crippen molar-refractivity contribution < 1.29 is 29.3 Å². The third kappa shape index (κ3) is 6.32. The summed E-state index contributed by atoms with van der Waals surface area (Å²) in [5.74, 6) is 0.0690. The molecule has 0 aliphatic carbocycles. The van der Waals surface area contributed by atoms with Crippen LogP contribution in [-0.4, -0.2) is 83.3 Å². The summed E-state index contributed by atoms with van der Waals surface area (Å²) >= 11 is 0. The Morgan fingerprint density at radius 3 is 2.45 bits per heavy atom. The van der Waals surface area contributed by atoms with Crippen LogP contribution in [0.3, 0.4) is 0 Å². The number of esters is 1. The number of carbonyl (C=O) groups is 3. The van der Waals surface area contributed by atoms with Gasteiger partial charge < -0.3 is 19.8 Å². The van der Waals surface area contributed by atoms with E-state index >= 15 is 0 Å². The zero-order valence-corrected chi connectivity index (χ0v) is 19.7. The minimum Gasteiger partial charge on any atom is -0.483 e. The first kappa shape index (κ1) is 25.2. The lowest BCUT2D eigenvalue weighted by Gasteiger charge is -2.37. The molecule has 4 rings (SSSR count). The van der Waals surface area contributed by atoms with Gasteiger partial charge in [-0.3, -0.25) is 19.3 Å². The van der Waals surface area contributed by atoms with Gasteiger partial charge in [-0.2, -0.15) is 0 Å². The normalized spacial score (nSPS) is 23.1. The molecule has 3 fully saturated rings. The maximum Gasteiger partial charge on any atom is 0.312 e. The highest BCUT2D eigenvalue weighted by atomic mass is 16.6. The van der Waals surface area contributed by atoms with Gasteiger partial charge in [-0.25, -0.2) is 0 Å². The number of piperidine rings is 2. The third-order valence-electron chi connectivity index (χ3n) is 7.26. The molecule has 3 aliphatic rings. The molecule has 3 aliphatic heterocycles. The zero-order chi connectivity index (χ0) is 24.0. The number of hydrogen-bond donors (Lipinski definition) is 2. The Morgan fingerprint density at radius 2 is 1.82 bits per heavy atom. The second kappa shape index (κ2) is 11.1. The van der Waals surface area contributed by atoms with Crippen molar-refractivity contribution in [3.63, 3.8) is 0 Å². The molecule has 1 amide bonds. The topological polar surface area (TPSA) is 107 Å². The minimum absolute atomic E-state index is 0.0649. The van der Waals surface area contributed by atoms with Gasteiger partial charge in [0, 0.05) is 39.1 Å². The molecule has 0 bridgehead atoms. The first-order chi connectivity index (χ1) is 15.8. The van der Waals surface area contributed by atoms with E-state index in [1.165, 1.54) is 5.56 Å². The zero-order valence-electron chi connectivity index (χ0n) is 19.7. The number of ether oxygens (including phenoxy) is 1. The summed E-state index contributed by atoms with van der Waals surface area (Å²) in [6.45, 7) is 7.58. The summed E-state index contributed by atoms with van der Waals surface area (Å²) in [6, 6.07) is 6.24. The minimum atomic E-state index is -0.421. The first-order valence-electron chi connectivity index (χ1n) is 11.8. The van der Waals surface area contributed by atoms with Gasteiger partial charge in [0.25, 0.3) is 6.47 Å². The van der Waals surface area contributed by atoms with E-state index in [-0.39, 0.29) is 30.6 Å². The Kier molecular flexibility index (Phi) is 8.48. The molecule has 2 N–H and O–H groups in total. The largest absolute Gasteiger partial charge is 0.483 e. The molecular weight excluding hydrogens is 424 g/mol. The molecule has 1 aromatic rings. The number of benzene rings is 1. The van der Waals surface area contributed by atoms with Crippen molar-refractivity contribution in [3.8, 4) is 0 Å². The SMILES string of the molecule is Cc1ccc(C)c(CC(=O)N2CCC3(CC2)CC(CN2CCC(O)CC2)OC3=O)c1.O=CO. The fourth-order valence-corrected chi connectivity index (χ4v) is 5.19. The molecule has 3 heterocycles. The van der Waals surface area contributed by atoms with E-state index in [0.717, 1.165) is 50.0 Å². The van der Waals surface area contributed by atoms with Gasteiger partial charge >= 0.3 is 5.97 Å². The van der Waals surface area contributed by atoms with Crippen LogP contribution in [0.2, 0.25) is 0 Å². The van der Waals surface area contributed by atoms with Crippen molar-refractivity contribution in [1.82, 2.24) is 9.80 Å². The summed E-state index contributed by atoms with van der Waals surface area (Å²) in [5, 5.41) is 16.6. The average molecular weight is 461 g/mol. The lowest BCUT2D eigenvalue weighted by Crippen LogP contribution is -2.45. The van der Waals surface area contributed by atoms with Crippen LogP contribution < -0.4 is 0 Å². The average Bonchev–Trinajstić information content (AvgIpc) is 3.07. The molecule has 8 nitrogen and oxygen atoms in total. The van der Waals surface area contributed by atoms with Gasteiger partial charge in [-0.15, -0.1) is 0 Å². The first-order valence-corrected chi connectivity index (χ1v) is 11.8. The molecule has 182 valence electrons. The van der Waals surface area contributed by atoms with Crippen LogP contribution in [0.15, 0.2) is 18.2 Å². The molecule has 1 aromatic carbocycles. The Bertz CT molecular complexity index is 841. The number of carboxylic acid groups (broad SMARTS) is 1. The smallest absolute Gasteiger partial charge is 0.312 e. The number of nitrogens with zero attached hydrogens (tertiary/aromatic N) is 2. The van der Waals surface area contributed by atoms with Crippen molar-refractivity contribution in [3.05, 3.63) is 34.9 Å². The van der Waals surface area contributed by atoms with E-state index < -0.39 is 5.41 Å². The maximum atomic E-state index is 12.9. The van der Waals surface area contributed by atoms with E-state index in [1.807, 2.05) is 18.7 Å². The van der Waals surface area contributed by atoms with Gasteiger partial charge in [0.15, 0.2) is 0 Å². The second-order valence-electron chi connectivity index (χ2n) is 9.64. The molecule has 3 saturated heterocycles. The number of rotatable bonds is 4. The molecule has 0 aromatic heterocycles. The predicted molar refractivity (Wildman–Crippen MR) is 123 cm³/mol. The number of carbonyl (C=O) groups excluding carboxylic acids is 2. The molecular formula is C25H36N2O6. The molecule has 1 spiro atoms. The number of hydrogen-bond acceptors (Lipinski definition) is 6. The maximum absolute atomic E-state index is 12.9. The number of aliphatic hydroxyl groups excluding tert-OH is 1. The number of aliphatic hydroxyl groups is 1.